The Labute approximate surface area is 210 Å². The maximum Gasteiger partial charge on any atom is 0.258 e. The van der Waals surface area contributed by atoms with Crippen molar-refractivity contribution in [2.75, 3.05) is 29.9 Å². The van der Waals surface area contributed by atoms with Gasteiger partial charge in [-0.15, -0.1) is 0 Å². The van der Waals surface area contributed by atoms with Crippen molar-refractivity contribution >= 4 is 38.9 Å². The lowest BCUT2D eigenvalue weighted by atomic mass is 10.1. The van der Waals surface area contributed by atoms with E-state index in [0.29, 0.717) is 22.8 Å². The molecule has 35 heavy (non-hydrogen) atoms. The third-order valence-corrected chi connectivity index (χ3v) is 8.53. The fourth-order valence-electron chi connectivity index (χ4n) is 4.25. The van der Waals surface area contributed by atoms with Crippen LogP contribution in [0.15, 0.2) is 65.6 Å². The lowest BCUT2D eigenvalue weighted by Gasteiger charge is -2.40. The normalized spacial score (nSPS) is 16.8. The molecule has 0 saturated carbocycles. The van der Waals surface area contributed by atoms with Gasteiger partial charge in [0.2, 0.25) is 10.0 Å². The first-order chi connectivity index (χ1) is 16.6. The summed E-state index contributed by atoms with van der Waals surface area (Å²) < 4.78 is 42.8. The zero-order chi connectivity index (χ0) is 25.3. The summed E-state index contributed by atoms with van der Waals surface area (Å²) in [6, 6.07) is 16.3. The molecule has 1 aliphatic heterocycles. The molecule has 1 N–H and O–H groups in total. The standard InChI is InChI=1S/C26H27ClFN3O3S/c1-17-6-4-7-20(14-17)31-13-12-30(16-18(31)2)35(33,34)21-10-11-24(28)22(15-21)26(32)29-25-9-5-8-23(27)19(25)3/h4-11,14-15,18H,12-13,16H2,1-3H3,(H,29,32)/t18-/m1/s1. The third-order valence-electron chi connectivity index (χ3n) is 6.26. The highest BCUT2D eigenvalue weighted by molar-refractivity contribution is 7.89. The summed E-state index contributed by atoms with van der Waals surface area (Å²) in [5.74, 6) is -1.55. The van der Waals surface area contributed by atoms with E-state index in [9.17, 15) is 17.6 Å². The molecule has 184 valence electrons. The highest BCUT2D eigenvalue weighted by Crippen LogP contribution is 2.27. The lowest BCUT2D eigenvalue weighted by molar-refractivity contribution is 0.102. The van der Waals surface area contributed by atoms with Gasteiger partial charge in [-0.05, 0) is 74.4 Å². The van der Waals surface area contributed by atoms with Gasteiger partial charge in [-0.25, -0.2) is 12.8 Å². The topological polar surface area (TPSA) is 69.7 Å². The van der Waals surface area contributed by atoms with E-state index in [1.54, 1.807) is 25.1 Å². The van der Waals surface area contributed by atoms with Gasteiger partial charge >= 0.3 is 0 Å². The van der Waals surface area contributed by atoms with Gasteiger partial charge in [0.1, 0.15) is 5.82 Å². The Hall–Kier alpha value is -2.94. The van der Waals surface area contributed by atoms with Crippen LogP contribution in [0.5, 0.6) is 0 Å². The molecular weight excluding hydrogens is 489 g/mol. The summed E-state index contributed by atoms with van der Waals surface area (Å²) in [6.45, 7) is 6.79. The Morgan fingerprint density at radius 1 is 1.06 bits per heavy atom. The van der Waals surface area contributed by atoms with Gasteiger partial charge in [0.05, 0.1) is 10.5 Å². The molecule has 6 nitrogen and oxygen atoms in total. The van der Waals surface area contributed by atoms with E-state index in [4.69, 9.17) is 11.6 Å². The second kappa shape index (κ2) is 9.97. The second-order valence-corrected chi connectivity index (χ2v) is 11.1. The van der Waals surface area contributed by atoms with Gasteiger partial charge in [-0.2, -0.15) is 4.31 Å². The molecule has 1 aliphatic rings. The van der Waals surface area contributed by atoms with E-state index in [1.165, 1.54) is 10.4 Å². The van der Waals surface area contributed by atoms with Gasteiger partial charge in [0.15, 0.2) is 0 Å². The van der Waals surface area contributed by atoms with Gasteiger partial charge in [0.25, 0.3) is 5.91 Å². The minimum atomic E-state index is -3.93. The maximum atomic E-state index is 14.6. The molecular formula is C26H27ClFN3O3S. The molecule has 0 aromatic heterocycles. The first kappa shape index (κ1) is 25.2. The molecule has 9 heteroatoms. The molecule has 0 spiro atoms. The number of carbonyl (C=O) groups is 1. The monoisotopic (exact) mass is 515 g/mol. The van der Waals surface area contributed by atoms with Gasteiger partial charge in [-0.3, -0.25) is 4.79 Å². The smallest absolute Gasteiger partial charge is 0.258 e. The quantitative estimate of drug-likeness (QED) is 0.504. The number of hydrogen-bond acceptors (Lipinski definition) is 4. The van der Waals surface area contributed by atoms with E-state index in [1.807, 2.05) is 32.0 Å². The van der Waals surface area contributed by atoms with Crippen molar-refractivity contribution in [1.29, 1.82) is 0 Å². The van der Waals surface area contributed by atoms with Crippen LogP contribution in [0.1, 0.15) is 28.4 Å². The lowest BCUT2D eigenvalue weighted by Crippen LogP contribution is -2.53. The number of carbonyl (C=O) groups excluding carboxylic acids is 1. The Morgan fingerprint density at radius 3 is 2.51 bits per heavy atom. The van der Waals surface area contributed by atoms with Crippen molar-refractivity contribution in [3.05, 3.63) is 88.2 Å². The number of piperazine rings is 1. The van der Waals surface area contributed by atoms with Crippen molar-refractivity contribution in [1.82, 2.24) is 4.31 Å². The van der Waals surface area contributed by atoms with E-state index in [0.717, 1.165) is 23.4 Å². The molecule has 1 heterocycles. The molecule has 0 bridgehead atoms. The summed E-state index contributed by atoms with van der Waals surface area (Å²) in [5.41, 5.74) is 2.89. The van der Waals surface area contributed by atoms with Crippen LogP contribution in [0.25, 0.3) is 0 Å². The number of rotatable bonds is 5. The Bertz CT molecular complexity index is 1380. The predicted octanol–water partition coefficient (Wildman–Crippen LogP) is 5.25. The maximum absolute atomic E-state index is 14.6. The van der Waals surface area contributed by atoms with Crippen LogP contribution in [0.3, 0.4) is 0 Å². The summed E-state index contributed by atoms with van der Waals surface area (Å²) in [5, 5.41) is 3.08. The molecule has 3 aromatic rings. The van der Waals surface area contributed by atoms with Crippen LogP contribution < -0.4 is 10.2 Å². The van der Waals surface area contributed by atoms with Crippen molar-refractivity contribution in [3.63, 3.8) is 0 Å². The van der Waals surface area contributed by atoms with Crippen molar-refractivity contribution in [2.45, 2.75) is 31.7 Å². The highest BCUT2D eigenvalue weighted by Gasteiger charge is 2.33. The Morgan fingerprint density at radius 2 is 1.80 bits per heavy atom. The predicted molar refractivity (Wildman–Crippen MR) is 137 cm³/mol. The molecule has 0 unspecified atom stereocenters. The number of benzene rings is 3. The fourth-order valence-corrected chi connectivity index (χ4v) is 5.97. The van der Waals surface area contributed by atoms with Gasteiger partial charge in [0, 0.05) is 42.1 Å². The van der Waals surface area contributed by atoms with E-state index < -0.39 is 21.7 Å². The molecule has 1 atom stereocenters. The molecule has 1 amide bonds. The van der Waals surface area contributed by atoms with E-state index in [-0.39, 0.29) is 29.6 Å². The SMILES string of the molecule is Cc1cccc(N2CCN(S(=O)(=O)c3ccc(F)c(C(=O)Nc4cccc(Cl)c4C)c3)C[C@H]2C)c1. The summed E-state index contributed by atoms with van der Waals surface area (Å²) in [7, 11) is -3.93. The first-order valence-corrected chi connectivity index (χ1v) is 13.1. The van der Waals surface area contributed by atoms with Gasteiger partial charge < -0.3 is 10.2 Å². The zero-order valence-electron chi connectivity index (χ0n) is 19.8. The van der Waals surface area contributed by atoms with Crippen molar-refractivity contribution in [2.24, 2.45) is 0 Å². The summed E-state index contributed by atoms with van der Waals surface area (Å²) in [4.78, 5) is 14.9. The molecule has 3 aromatic carbocycles. The van der Waals surface area contributed by atoms with E-state index >= 15 is 0 Å². The zero-order valence-corrected chi connectivity index (χ0v) is 21.3. The number of hydrogen-bond donors (Lipinski definition) is 1. The Balaban J connectivity index is 1.55. The molecule has 0 radical (unpaired) electrons. The fraction of sp³-hybridized carbons (Fsp3) is 0.269. The average molecular weight is 516 g/mol. The molecule has 1 fully saturated rings. The van der Waals surface area contributed by atoms with Crippen LogP contribution in [0, 0.1) is 19.7 Å². The number of nitrogens with one attached hydrogen (secondary N) is 1. The minimum Gasteiger partial charge on any atom is -0.366 e. The van der Waals surface area contributed by atoms with Crippen LogP contribution >= 0.6 is 11.6 Å². The first-order valence-electron chi connectivity index (χ1n) is 11.3. The number of aryl methyl sites for hydroxylation is 1. The number of amides is 1. The van der Waals surface area contributed by atoms with Crippen LogP contribution in [0.4, 0.5) is 15.8 Å². The van der Waals surface area contributed by atoms with Crippen LogP contribution in [-0.4, -0.2) is 44.3 Å². The van der Waals surface area contributed by atoms with Gasteiger partial charge in [-0.1, -0.05) is 29.8 Å². The molecule has 0 aliphatic carbocycles. The highest BCUT2D eigenvalue weighted by atomic mass is 35.5. The van der Waals surface area contributed by atoms with Crippen molar-refractivity contribution in [3.8, 4) is 0 Å². The summed E-state index contributed by atoms with van der Waals surface area (Å²) in [6.07, 6.45) is 0. The minimum absolute atomic E-state index is 0.0608. The Kier molecular flexibility index (Phi) is 7.17. The molecule has 4 rings (SSSR count). The van der Waals surface area contributed by atoms with Crippen molar-refractivity contribution < 1.29 is 17.6 Å². The third kappa shape index (κ3) is 5.19. The second-order valence-electron chi connectivity index (χ2n) is 8.75. The van der Waals surface area contributed by atoms with E-state index in [2.05, 4.69) is 16.3 Å². The summed E-state index contributed by atoms with van der Waals surface area (Å²) >= 11 is 6.10. The largest absolute Gasteiger partial charge is 0.366 e. The van der Waals surface area contributed by atoms with Crippen LogP contribution in [-0.2, 0) is 10.0 Å². The number of sulfonamides is 1. The molecule has 1 saturated heterocycles. The average Bonchev–Trinajstić information content (AvgIpc) is 2.82. The number of nitrogens with zero attached hydrogens (tertiary/aromatic N) is 2. The number of anilines is 2. The van der Waals surface area contributed by atoms with Crippen LogP contribution in [0.2, 0.25) is 5.02 Å². The number of halogens is 2.